The number of aromatic nitrogens is 2. The number of rotatable bonds is 6. The van der Waals surface area contributed by atoms with E-state index in [0.717, 1.165) is 16.9 Å². The van der Waals surface area contributed by atoms with Crippen molar-refractivity contribution in [2.45, 2.75) is 6.54 Å². The Morgan fingerprint density at radius 1 is 1.04 bits per heavy atom. The Morgan fingerprint density at radius 2 is 1.71 bits per heavy atom. The highest BCUT2D eigenvalue weighted by atomic mass is 35.5. The molecule has 0 amide bonds. The summed E-state index contributed by atoms with van der Waals surface area (Å²) < 4.78 is 12.3. The molecule has 0 fully saturated rings. The van der Waals surface area contributed by atoms with Crippen molar-refractivity contribution >= 4 is 51.9 Å². The first-order chi connectivity index (χ1) is 13.5. The summed E-state index contributed by atoms with van der Waals surface area (Å²) in [5, 5.41) is 12.1. The Labute approximate surface area is 178 Å². The normalized spacial score (nSPS) is 10.4. The van der Waals surface area contributed by atoms with Crippen molar-refractivity contribution in [1.82, 2.24) is 9.78 Å². The average Bonchev–Trinajstić information content (AvgIpc) is 3.11. The standard InChI is InChI=1S/C19H18Cl2N4O2S/c1-26-17-7-6-12(8-18(17)27-2)23-19(28)24-13-9-22-25(10-13)11-14-15(20)4-3-5-16(14)21/h3-10H,11H2,1-2H3,(H2,23,24,28). The number of anilines is 2. The van der Waals surface area contributed by atoms with Gasteiger partial charge in [-0.2, -0.15) is 5.10 Å². The second-order valence-corrected chi connectivity index (χ2v) is 7.00. The molecule has 0 aliphatic rings. The van der Waals surface area contributed by atoms with Crippen LogP contribution in [0.15, 0.2) is 48.8 Å². The fraction of sp³-hybridized carbons (Fsp3) is 0.158. The molecule has 3 aromatic rings. The molecule has 6 nitrogen and oxygen atoms in total. The molecule has 9 heteroatoms. The first-order valence-electron chi connectivity index (χ1n) is 8.25. The maximum absolute atomic E-state index is 6.22. The number of hydrogen-bond acceptors (Lipinski definition) is 4. The molecule has 0 saturated carbocycles. The SMILES string of the molecule is COc1ccc(NC(=S)Nc2cnn(Cc3c(Cl)cccc3Cl)c2)cc1OC. The van der Waals surface area contributed by atoms with Gasteiger partial charge in [0.2, 0.25) is 0 Å². The second kappa shape index (κ2) is 9.14. The van der Waals surface area contributed by atoms with Crippen molar-refractivity contribution in [3.8, 4) is 11.5 Å². The number of ether oxygens (including phenoxy) is 2. The molecule has 0 atom stereocenters. The lowest BCUT2D eigenvalue weighted by molar-refractivity contribution is 0.355. The van der Waals surface area contributed by atoms with E-state index in [0.29, 0.717) is 33.2 Å². The summed E-state index contributed by atoms with van der Waals surface area (Å²) in [5.41, 5.74) is 2.32. The highest BCUT2D eigenvalue weighted by Gasteiger charge is 2.09. The third kappa shape index (κ3) is 4.86. The van der Waals surface area contributed by atoms with E-state index >= 15 is 0 Å². The highest BCUT2D eigenvalue weighted by Crippen LogP contribution is 2.30. The van der Waals surface area contributed by atoms with Crippen LogP contribution in [0.5, 0.6) is 11.5 Å². The van der Waals surface area contributed by atoms with Crippen molar-refractivity contribution in [1.29, 1.82) is 0 Å². The van der Waals surface area contributed by atoms with Crippen molar-refractivity contribution in [3.63, 3.8) is 0 Å². The molecular formula is C19H18Cl2N4O2S. The van der Waals surface area contributed by atoms with Gasteiger partial charge in [-0.1, -0.05) is 29.3 Å². The predicted molar refractivity (Wildman–Crippen MR) is 117 cm³/mol. The molecule has 146 valence electrons. The lowest BCUT2D eigenvalue weighted by Crippen LogP contribution is -2.18. The third-order valence-electron chi connectivity index (χ3n) is 3.91. The number of nitrogens with one attached hydrogen (secondary N) is 2. The van der Waals surface area contributed by atoms with Gasteiger partial charge in [0, 0.05) is 33.6 Å². The number of methoxy groups -OCH3 is 2. The van der Waals surface area contributed by atoms with E-state index in [4.69, 9.17) is 44.9 Å². The van der Waals surface area contributed by atoms with E-state index in [2.05, 4.69) is 15.7 Å². The minimum atomic E-state index is 0.419. The van der Waals surface area contributed by atoms with E-state index in [-0.39, 0.29) is 0 Å². The van der Waals surface area contributed by atoms with Crippen LogP contribution in [0.25, 0.3) is 0 Å². The van der Waals surface area contributed by atoms with Crippen LogP contribution in [-0.2, 0) is 6.54 Å². The summed E-state index contributed by atoms with van der Waals surface area (Å²) in [7, 11) is 3.17. The van der Waals surface area contributed by atoms with Gasteiger partial charge in [0.15, 0.2) is 16.6 Å². The zero-order valence-corrected chi connectivity index (χ0v) is 17.5. The van der Waals surface area contributed by atoms with E-state index in [1.165, 1.54) is 0 Å². The van der Waals surface area contributed by atoms with E-state index < -0.39 is 0 Å². The highest BCUT2D eigenvalue weighted by molar-refractivity contribution is 7.80. The van der Waals surface area contributed by atoms with Gasteiger partial charge >= 0.3 is 0 Å². The Balaban J connectivity index is 1.64. The number of hydrogen-bond donors (Lipinski definition) is 2. The Morgan fingerprint density at radius 3 is 2.39 bits per heavy atom. The number of benzene rings is 2. The van der Waals surface area contributed by atoms with Crippen LogP contribution in [0, 0.1) is 0 Å². The Kier molecular flexibility index (Phi) is 6.61. The number of thiocarbonyl (C=S) groups is 1. The molecule has 0 bridgehead atoms. The van der Waals surface area contributed by atoms with Crippen molar-refractivity contribution < 1.29 is 9.47 Å². The van der Waals surface area contributed by atoms with Gasteiger partial charge in [-0.15, -0.1) is 0 Å². The van der Waals surface area contributed by atoms with Crippen LogP contribution < -0.4 is 20.1 Å². The van der Waals surface area contributed by atoms with E-state index in [9.17, 15) is 0 Å². The summed E-state index contributed by atoms with van der Waals surface area (Å²) >= 11 is 17.8. The monoisotopic (exact) mass is 436 g/mol. The first kappa shape index (κ1) is 20.3. The largest absolute Gasteiger partial charge is 0.493 e. The zero-order valence-electron chi connectivity index (χ0n) is 15.2. The summed E-state index contributed by atoms with van der Waals surface area (Å²) in [6, 6.07) is 10.9. The van der Waals surface area contributed by atoms with Crippen molar-refractivity contribution in [2.24, 2.45) is 0 Å². The van der Waals surface area contributed by atoms with Gasteiger partial charge in [0.1, 0.15) is 0 Å². The molecule has 1 aromatic heterocycles. The lowest BCUT2D eigenvalue weighted by Gasteiger charge is -2.12. The molecule has 0 unspecified atom stereocenters. The fourth-order valence-electron chi connectivity index (χ4n) is 2.57. The lowest BCUT2D eigenvalue weighted by atomic mass is 10.2. The average molecular weight is 437 g/mol. The van der Waals surface area contributed by atoms with Gasteiger partial charge in [0.05, 0.1) is 32.6 Å². The summed E-state index contributed by atoms with van der Waals surface area (Å²) in [6.07, 6.45) is 3.50. The smallest absolute Gasteiger partial charge is 0.175 e. The molecule has 2 aromatic carbocycles. The van der Waals surface area contributed by atoms with Gasteiger partial charge in [-0.25, -0.2) is 0 Å². The van der Waals surface area contributed by atoms with Crippen LogP contribution in [0.4, 0.5) is 11.4 Å². The first-order valence-corrected chi connectivity index (χ1v) is 9.42. The van der Waals surface area contributed by atoms with Gasteiger partial charge in [0.25, 0.3) is 0 Å². The van der Waals surface area contributed by atoms with E-state index in [1.807, 2.05) is 18.3 Å². The maximum Gasteiger partial charge on any atom is 0.175 e. The maximum atomic E-state index is 6.22. The van der Waals surface area contributed by atoms with Crippen LogP contribution in [0.1, 0.15) is 5.56 Å². The molecule has 0 saturated heterocycles. The molecule has 0 aliphatic heterocycles. The molecule has 0 aliphatic carbocycles. The van der Waals surface area contributed by atoms with Crippen molar-refractivity contribution in [2.75, 3.05) is 24.9 Å². The molecule has 28 heavy (non-hydrogen) atoms. The van der Waals surface area contributed by atoms with Crippen LogP contribution in [-0.4, -0.2) is 29.1 Å². The predicted octanol–water partition coefficient (Wildman–Crippen LogP) is 5.06. The number of nitrogens with zero attached hydrogens (tertiary/aromatic N) is 2. The van der Waals surface area contributed by atoms with Gasteiger partial charge in [-0.05, 0) is 36.5 Å². The molecule has 1 heterocycles. The van der Waals surface area contributed by atoms with Gasteiger partial charge in [-0.3, -0.25) is 4.68 Å². The molecular weight excluding hydrogens is 419 g/mol. The minimum absolute atomic E-state index is 0.419. The third-order valence-corrected chi connectivity index (χ3v) is 4.83. The van der Waals surface area contributed by atoms with Gasteiger partial charge < -0.3 is 20.1 Å². The minimum Gasteiger partial charge on any atom is -0.493 e. The summed E-state index contributed by atoms with van der Waals surface area (Å²) in [4.78, 5) is 0. The fourth-order valence-corrected chi connectivity index (χ4v) is 3.32. The topological polar surface area (TPSA) is 60.3 Å². The molecule has 0 spiro atoms. The van der Waals surface area contributed by atoms with E-state index in [1.54, 1.807) is 49.4 Å². The molecule has 0 radical (unpaired) electrons. The van der Waals surface area contributed by atoms with Crippen LogP contribution in [0.2, 0.25) is 10.0 Å². The summed E-state index contributed by atoms with van der Waals surface area (Å²) in [5.74, 6) is 1.26. The van der Waals surface area contributed by atoms with Crippen molar-refractivity contribution in [3.05, 3.63) is 64.4 Å². The second-order valence-electron chi connectivity index (χ2n) is 5.78. The molecule has 3 rings (SSSR count). The Hall–Kier alpha value is -2.48. The molecule has 2 N–H and O–H groups in total. The van der Waals surface area contributed by atoms with Crippen LogP contribution >= 0.6 is 35.4 Å². The number of halogens is 2. The van der Waals surface area contributed by atoms with Crippen LogP contribution in [0.3, 0.4) is 0 Å². The summed E-state index contributed by atoms with van der Waals surface area (Å²) in [6.45, 7) is 0.454. The Bertz CT molecular complexity index is 974. The zero-order chi connectivity index (χ0) is 20.1. The quantitative estimate of drug-likeness (QED) is 0.526.